The molecule has 14 heteroatoms. The predicted molar refractivity (Wildman–Crippen MR) is 261 cm³/mol. The van der Waals surface area contributed by atoms with Crippen LogP contribution in [0.4, 0.5) is 0 Å². The van der Waals surface area contributed by atoms with E-state index in [4.69, 9.17) is 28.4 Å². The molecule has 11 unspecified atom stereocenters. The summed E-state index contributed by atoms with van der Waals surface area (Å²) in [5.74, 6) is -0.373. The van der Waals surface area contributed by atoms with Crippen LogP contribution < -0.4 is 0 Å². The first-order chi connectivity index (χ1) is 32.6. The lowest BCUT2D eigenvalue weighted by molar-refractivity contribution is -0.332. The minimum atomic E-state index is -1.70. The average Bonchev–Trinajstić information content (AvgIpc) is 3.32. The summed E-state index contributed by atoms with van der Waals surface area (Å²) in [7, 11) is 0. The third kappa shape index (κ3) is 29.0. The lowest BCUT2D eigenvalue weighted by atomic mass is 9.98. The standard InChI is InChI=1S/C53H100O14/c1-3-5-7-9-11-13-15-17-18-19-20-21-22-23-25-27-29-31-33-35-37-62-39-42(65-45(55)36-34-32-30-28-26-24-16-14-12-10-8-6-4-2)40-63-52-51(61)49(59)47(57)44(67-52)41-64-53-50(60)48(58)46(56)43(38-54)66-53/h17-18,42-44,46-54,56-61H,3-16,19-41H2,1-2H3/b18-17-. The zero-order chi connectivity index (χ0) is 48.7. The zero-order valence-corrected chi connectivity index (χ0v) is 42.2. The molecular formula is C53H100O14. The van der Waals surface area contributed by atoms with E-state index in [-0.39, 0.29) is 25.6 Å². The molecule has 2 rings (SSSR count). The van der Waals surface area contributed by atoms with Gasteiger partial charge in [-0.25, -0.2) is 0 Å². The molecule has 0 spiro atoms. The maximum absolute atomic E-state index is 13.0. The van der Waals surface area contributed by atoms with Crippen LogP contribution in [0.1, 0.15) is 219 Å². The van der Waals surface area contributed by atoms with Crippen LogP contribution in [-0.2, 0) is 33.2 Å². The second kappa shape index (κ2) is 41.4. The molecule has 2 saturated heterocycles. The Bertz CT molecular complexity index is 1160. The van der Waals surface area contributed by atoms with Crippen LogP contribution in [-0.4, -0.2) is 142 Å². The van der Waals surface area contributed by atoms with Crippen molar-refractivity contribution in [2.45, 2.75) is 287 Å². The van der Waals surface area contributed by atoms with Gasteiger partial charge in [0, 0.05) is 13.0 Å². The van der Waals surface area contributed by atoms with Gasteiger partial charge in [-0.05, 0) is 38.5 Å². The minimum absolute atomic E-state index is 0.0664. The molecule has 0 radical (unpaired) electrons. The van der Waals surface area contributed by atoms with Crippen LogP contribution in [0.5, 0.6) is 0 Å². The molecule has 0 saturated carbocycles. The highest BCUT2D eigenvalue weighted by Gasteiger charge is 2.47. The van der Waals surface area contributed by atoms with Gasteiger partial charge < -0.3 is 64.2 Å². The monoisotopic (exact) mass is 961 g/mol. The van der Waals surface area contributed by atoms with Crippen molar-refractivity contribution >= 4 is 5.97 Å². The topological polar surface area (TPSA) is 214 Å². The highest BCUT2D eigenvalue weighted by molar-refractivity contribution is 5.69. The van der Waals surface area contributed by atoms with Gasteiger partial charge in [-0.15, -0.1) is 0 Å². The molecular weight excluding hydrogens is 861 g/mol. The summed E-state index contributed by atoms with van der Waals surface area (Å²) in [4.78, 5) is 13.0. The van der Waals surface area contributed by atoms with E-state index in [1.165, 1.54) is 154 Å². The molecule has 7 N–H and O–H groups in total. The van der Waals surface area contributed by atoms with Crippen molar-refractivity contribution in [1.29, 1.82) is 0 Å². The van der Waals surface area contributed by atoms with Crippen molar-refractivity contribution in [3.05, 3.63) is 12.2 Å². The van der Waals surface area contributed by atoms with Gasteiger partial charge in [-0.3, -0.25) is 4.79 Å². The van der Waals surface area contributed by atoms with Crippen LogP contribution in [0, 0.1) is 0 Å². The van der Waals surface area contributed by atoms with Crippen molar-refractivity contribution in [1.82, 2.24) is 0 Å². The highest BCUT2D eigenvalue weighted by Crippen LogP contribution is 2.27. The molecule has 2 aliphatic rings. The number of esters is 1. The smallest absolute Gasteiger partial charge is 0.306 e. The van der Waals surface area contributed by atoms with Gasteiger partial charge in [0.05, 0.1) is 26.4 Å². The average molecular weight is 961 g/mol. The summed E-state index contributed by atoms with van der Waals surface area (Å²) < 4.78 is 34.3. The number of aliphatic hydroxyl groups excluding tert-OH is 7. The second-order valence-electron chi connectivity index (χ2n) is 19.4. The van der Waals surface area contributed by atoms with Gasteiger partial charge in [0.1, 0.15) is 54.9 Å². The van der Waals surface area contributed by atoms with Gasteiger partial charge in [-0.1, -0.05) is 187 Å². The minimum Gasteiger partial charge on any atom is -0.457 e. The van der Waals surface area contributed by atoms with Gasteiger partial charge in [0.15, 0.2) is 12.6 Å². The lowest BCUT2D eigenvalue weighted by Gasteiger charge is -2.42. The Morgan fingerprint density at radius 2 is 0.881 bits per heavy atom. The molecule has 2 fully saturated rings. The van der Waals surface area contributed by atoms with Crippen LogP contribution in [0.2, 0.25) is 0 Å². The molecule has 67 heavy (non-hydrogen) atoms. The summed E-state index contributed by atoms with van der Waals surface area (Å²) >= 11 is 0. The van der Waals surface area contributed by atoms with Crippen molar-refractivity contribution in [2.24, 2.45) is 0 Å². The number of rotatable bonds is 44. The van der Waals surface area contributed by atoms with Crippen molar-refractivity contribution in [3.8, 4) is 0 Å². The first-order valence-electron chi connectivity index (χ1n) is 27.3. The van der Waals surface area contributed by atoms with E-state index in [2.05, 4.69) is 26.0 Å². The molecule has 0 bridgehead atoms. The van der Waals surface area contributed by atoms with Crippen molar-refractivity contribution in [2.75, 3.05) is 33.0 Å². The van der Waals surface area contributed by atoms with E-state index >= 15 is 0 Å². The first kappa shape index (κ1) is 61.8. The molecule has 396 valence electrons. The second-order valence-corrected chi connectivity index (χ2v) is 19.4. The Morgan fingerprint density at radius 1 is 0.478 bits per heavy atom. The van der Waals surface area contributed by atoms with E-state index in [1.807, 2.05) is 0 Å². The fraction of sp³-hybridized carbons (Fsp3) is 0.943. The van der Waals surface area contributed by atoms with Crippen LogP contribution in [0.3, 0.4) is 0 Å². The summed E-state index contributed by atoms with van der Waals surface area (Å²) in [6, 6.07) is 0. The number of aliphatic hydroxyl groups is 7. The van der Waals surface area contributed by atoms with Crippen molar-refractivity contribution in [3.63, 3.8) is 0 Å². The number of hydrogen-bond donors (Lipinski definition) is 7. The summed E-state index contributed by atoms with van der Waals surface area (Å²) in [6.07, 6.45) is 27.0. The Labute approximate surface area is 405 Å². The molecule has 2 heterocycles. The highest BCUT2D eigenvalue weighted by atomic mass is 16.7. The molecule has 11 atom stereocenters. The molecule has 0 aromatic rings. The molecule has 0 amide bonds. The number of hydrogen-bond acceptors (Lipinski definition) is 14. The molecule has 2 aliphatic heterocycles. The summed E-state index contributed by atoms with van der Waals surface area (Å²) in [6.45, 7) is 3.71. The van der Waals surface area contributed by atoms with E-state index in [0.717, 1.165) is 38.5 Å². The van der Waals surface area contributed by atoms with Gasteiger partial charge in [0.2, 0.25) is 0 Å². The van der Waals surface area contributed by atoms with E-state index in [0.29, 0.717) is 13.0 Å². The molecule has 14 nitrogen and oxygen atoms in total. The Hall–Kier alpha value is -1.27. The van der Waals surface area contributed by atoms with Crippen molar-refractivity contribution < 1.29 is 69.0 Å². The van der Waals surface area contributed by atoms with E-state index < -0.39 is 80.7 Å². The largest absolute Gasteiger partial charge is 0.457 e. The lowest BCUT2D eigenvalue weighted by Crippen LogP contribution is -2.61. The molecule has 0 aliphatic carbocycles. The number of carbonyl (C=O) groups excluding carboxylic acids is 1. The number of ether oxygens (including phenoxy) is 6. The Kier molecular flexibility index (Phi) is 38.2. The van der Waals surface area contributed by atoms with E-state index in [9.17, 15) is 40.5 Å². The quantitative estimate of drug-likeness (QED) is 0.0173. The van der Waals surface area contributed by atoms with Gasteiger partial charge in [-0.2, -0.15) is 0 Å². The van der Waals surface area contributed by atoms with Gasteiger partial charge in [0.25, 0.3) is 0 Å². The van der Waals surface area contributed by atoms with Crippen LogP contribution >= 0.6 is 0 Å². The SMILES string of the molecule is CCCCCCCC/C=C\CCCCCCCCCCCCOCC(COC1OC(COC2OC(CO)C(O)C(O)C2O)C(O)C(O)C1O)OC(=O)CCCCCCCCCCCCCCC. The fourth-order valence-corrected chi connectivity index (χ4v) is 8.81. The van der Waals surface area contributed by atoms with Crippen LogP contribution in [0.15, 0.2) is 12.2 Å². The Morgan fingerprint density at radius 3 is 1.36 bits per heavy atom. The fourth-order valence-electron chi connectivity index (χ4n) is 8.81. The third-order valence-corrected chi connectivity index (χ3v) is 13.3. The Balaban J connectivity index is 1.72. The molecule has 0 aromatic carbocycles. The zero-order valence-electron chi connectivity index (χ0n) is 42.2. The number of allylic oxidation sites excluding steroid dienone is 2. The summed E-state index contributed by atoms with van der Waals surface area (Å²) in [5.41, 5.74) is 0. The molecule has 0 aromatic heterocycles. The van der Waals surface area contributed by atoms with Gasteiger partial charge >= 0.3 is 5.97 Å². The maximum atomic E-state index is 13.0. The predicted octanol–water partition coefficient (Wildman–Crippen LogP) is 8.63. The maximum Gasteiger partial charge on any atom is 0.306 e. The number of carbonyl (C=O) groups is 1. The number of unbranched alkanes of at least 4 members (excludes halogenated alkanes) is 28. The first-order valence-corrected chi connectivity index (χ1v) is 27.3. The van der Waals surface area contributed by atoms with Crippen LogP contribution in [0.25, 0.3) is 0 Å². The summed E-state index contributed by atoms with van der Waals surface area (Å²) in [5, 5.41) is 72.2. The normalized spacial score (nSPS) is 26.1. The van der Waals surface area contributed by atoms with E-state index in [1.54, 1.807) is 0 Å². The third-order valence-electron chi connectivity index (χ3n) is 13.3.